The van der Waals surface area contributed by atoms with Gasteiger partial charge in [0.25, 0.3) is 0 Å². The van der Waals surface area contributed by atoms with E-state index in [0.29, 0.717) is 5.95 Å². The number of ether oxygens (including phenoxy) is 1. The van der Waals surface area contributed by atoms with Crippen LogP contribution in [-0.4, -0.2) is 55.3 Å². The lowest BCUT2D eigenvalue weighted by Crippen LogP contribution is -2.28. The highest BCUT2D eigenvalue weighted by Gasteiger charge is 1.98. The number of nitrogens with zero attached hydrogens (tertiary/aromatic N) is 3. The van der Waals surface area contributed by atoms with Crippen molar-refractivity contribution in [3.05, 3.63) is 16.0 Å². The molecule has 0 radical (unpaired) electrons. The molecule has 1 N–H and O–H groups in total. The molecule has 0 fully saturated rings. The summed E-state index contributed by atoms with van der Waals surface area (Å²) >= 11 is 2.19. The van der Waals surface area contributed by atoms with Gasteiger partial charge in [0.15, 0.2) is 0 Å². The minimum atomic E-state index is 0.681. The molecule has 16 heavy (non-hydrogen) atoms. The van der Waals surface area contributed by atoms with Crippen LogP contribution in [0.2, 0.25) is 0 Å². The van der Waals surface area contributed by atoms with Gasteiger partial charge in [0.1, 0.15) is 0 Å². The van der Waals surface area contributed by atoms with Crippen molar-refractivity contribution in [1.82, 2.24) is 14.9 Å². The summed E-state index contributed by atoms with van der Waals surface area (Å²) in [5.74, 6) is 0.681. The summed E-state index contributed by atoms with van der Waals surface area (Å²) in [6.07, 6.45) is 3.59. The third-order valence-electron chi connectivity index (χ3n) is 2.07. The van der Waals surface area contributed by atoms with E-state index in [1.807, 2.05) is 0 Å². The van der Waals surface area contributed by atoms with Crippen molar-refractivity contribution in [2.75, 3.05) is 45.7 Å². The lowest BCUT2D eigenvalue weighted by atomic mass is 10.5. The van der Waals surface area contributed by atoms with Crippen LogP contribution in [-0.2, 0) is 4.74 Å². The van der Waals surface area contributed by atoms with Crippen molar-refractivity contribution in [3.8, 4) is 0 Å². The summed E-state index contributed by atoms with van der Waals surface area (Å²) in [6, 6.07) is 0. The molecule has 0 saturated heterocycles. The van der Waals surface area contributed by atoms with Crippen LogP contribution in [0.15, 0.2) is 12.4 Å². The molecule has 0 amide bonds. The monoisotopic (exact) mass is 336 g/mol. The molecule has 5 nitrogen and oxygen atoms in total. The van der Waals surface area contributed by atoms with Gasteiger partial charge in [-0.1, -0.05) is 0 Å². The smallest absolute Gasteiger partial charge is 0.222 e. The molecule has 0 atom stereocenters. The van der Waals surface area contributed by atoms with Gasteiger partial charge in [-0.25, -0.2) is 9.97 Å². The van der Waals surface area contributed by atoms with Crippen LogP contribution in [0.4, 0.5) is 5.95 Å². The SMILES string of the molecule is COCCN(C)CCNc1ncc(I)cn1. The number of hydrogen-bond donors (Lipinski definition) is 1. The number of likely N-dealkylation sites (N-methyl/N-ethyl adjacent to an activating group) is 1. The highest BCUT2D eigenvalue weighted by molar-refractivity contribution is 14.1. The maximum atomic E-state index is 5.00. The minimum Gasteiger partial charge on any atom is -0.383 e. The van der Waals surface area contributed by atoms with E-state index in [-0.39, 0.29) is 0 Å². The Hall–Kier alpha value is -0.470. The Morgan fingerprint density at radius 1 is 1.38 bits per heavy atom. The van der Waals surface area contributed by atoms with E-state index in [9.17, 15) is 0 Å². The van der Waals surface area contributed by atoms with Crippen molar-refractivity contribution in [3.63, 3.8) is 0 Å². The lowest BCUT2D eigenvalue weighted by molar-refractivity contribution is 0.163. The number of rotatable bonds is 7. The number of aromatic nitrogens is 2. The Morgan fingerprint density at radius 3 is 2.69 bits per heavy atom. The second kappa shape index (κ2) is 7.75. The average Bonchev–Trinajstić information content (AvgIpc) is 2.29. The maximum absolute atomic E-state index is 5.00. The molecular weight excluding hydrogens is 319 g/mol. The summed E-state index contributed by atoms with van der Waals surface area (Å²) in [4.78, 5) is 10.5. The Bertz CT molecular complexity index is 293. The molecule has 0 bridgehead atoms. The van der Waals surface area contributed by atoms with Gasteiger partial charge >= 0.3 is 0 Å². The first-order valence-electron chi connectivity index (χ1n) is 5.11. The molecule has 1 aromatic rings. The summed E-state index contributed by atoms with van der Waals surface area (Å²) in [7, 11) is 3.78. The van der Waals surface area contributed by atoms with Gasteiger partial charge in [-0.2, -0.15) is 0 Å². The van der Waals surface area contributed by atoms with Crippen LogP contribution in [0.3, 0.4) is 0 Å². The topological polar surface area (TPSA) is 50.3 Å². The fraction of sp³-hybridized carbons (Fsp3) is 0.600. The molecule has 0 unspecified atom stereocenters. The van der Waals surface area contributed by atoms with E-state index >= 15 is 0 Å². The van der Waals surface area contributed by atoms with Crippen molar-refractivity contribution in [2.24, 2.45) is 0 Å². The average molecular weight is 336 g/mol. The highest BCUT2D eigenvalue weighted by Crippen LogP contribution is 2.02. The van der Waals surface area contributed by atoms with E-state index in [4.69, 9.17) is 4.74 Å². The fourth-order valence-electron chi connectivity index (χ4n) is 1.12. The Morgan fingerprint density at radius 2 is 2.06 bits per heavy atom. The summed E-state index contributed by atoms with van der Waals surface area (Å²) in [6.45, 7) is 3.47. The van der Waals surface area contributed by atoms with E-state index in [2.05, 4.69) is 49.8 Å². The number of nitrogens with one attached hydrogen (secondary N) is 1. The quantitative estimate of drug-likeness (QED) is 0.755. The molecule has 1 aromatic heterocycles. The number of anilines is 1. The molecule has 0 aromatic carbocycles. The molecule has 1 heterocycles. The van der Waals surface area contributed by atoms with Crippen molar-refractivity contribution < 1.29 is 4.74 Å². The summed E-state index contributed by atoms with van der Waals surface area (Å²) in [5.41, 5.74) is 0. The molecule has 0 aliphatic rings. The third-order valence-corrected chi connectivity index (χ3v) is 2.63. The number of hydrogen-bond acceptors (Lipinski definition) is 5. The Kier molecular flexibility index (Phi) is 6.58. The predicted molar refractivity (Wildman–Crippen MR) is 72.6 cm³/mol. The van der Waals surface area contributed by atoms with E-state index < -0.39 is 0 Å². The second-order valence-corrected chi connectivity index (χ2v) is 4.69. The third kappa shape index (κ3) is 5.57. The molecule has 0 spiro atoms. The van der Waals surface area contributed by atoms with Gasteiger partial charge in [0, 0.05) is 42.7 Å². The minimum absolute atomic E-state index is 0.681. The zero-order valence-electron chi connectivity index (χ0n) is 9.61. The fourth-order valence-corrected chi connectivity index (χ4v) is 1.40. The van der Waals surface area contributed by atoms with Crippen LogP contribution in [0, 0.1) is 3.57 Å². The van der Waals surface area contributed by atoms with E-state index in [0.717, 1.165) is 29.8 Å². The Balaban J connectivity index is 2.17. The van der Waals surface area contributed by atoms with E-state index in [1.54, 1.807) is 19.5 Å². The van der Waals surface area contributed by atoms with Gasteiger partial charge in [0.2, 0.25) is 5.95 Å². The second-order valence-electron chi connectivity index (χ2n) is 3.45. The van der Waals surface area contributed by atoms with Crippen molar-refractivity contribution in [1.29, 1.82) is 0 Å². The van der Waals surface area contributed by atoms with Gasteiger partial charge in [-0.15, -0.1) is 0 Å². The van der Waals surface area contributed by atoms with Gasteiger partial charge in [-0.05, 0) is 29.6 Å². The number of methoxy groups -OCH3 is 1. The van der Waals surface area contributed by atoms with Gasteiger partial charge in [-0.3, -0.25) is 0 Å². The maximum Gasteiger partial charge on any atom is 0.222 e. The Labute approximate surface area is 110 Å². The first-order valence-corrected chi connectivity index (χ1v) is 6.19. The number of halogens is 1. The zero-order chi connectivity index (χ0) is 11.8. The van der Waals surface area contributed by atoms with Crippen LogP contribution in [0.5, 0.6) is 0 Å². The standard InChI is InChI=1S/C10H17IN4O/c1-15(5-6-16-2)4-3-12-10-13-7-9(11)8-14-10/h7-8H,3-6H2,1-2H3,(H,12,13,14). The van der Waals surface area contributed by atoms with Crippen LogP contribution in [0.25, 0.3) is 0 Å². The lowest BCUT2D eigenvalue weighted by Gasteiger charge is -2.15. The van der Waals surface area contributed by atoms with Crippen LogP contribution >= 0.6 is 22.6 Å². The molecule has 90 valence electrons. The normalized spacial score (nSPS) is 10.8. The van der Waals surface area contributed by atoms with E-state index in [1.165, 1.54) is 0 Å². The predicted octanol–water partition coefficient (Wildman–Crippen LogP) is 1.07. The van der Waals surface area contributed by atoms with Crippen LogP contribution < -0.4 is 5.32 Å². The molecule has 0 aliphatic heterocycles. The van der Waals surface area contributed by atoms with Crippen LogP contribution in [0.1, 0.15) is 0 Å². The van der Waals surface area contributed by atoms with Crippen molar-refractivity contribution >= 4 is 28.5 Å². The zero-order valence-corrected chi connectivity index (χ0v) is 11.8. The molecule has 0 saturated carbocycles. The molecule has 0 aliphatic carbocycles. The van der Waals surface area contributed by atoms with Gasteiger partial charge in [0.05, 0.1) is 6.61 Å². The highest BCUT2D eigenvalue weighted by atomic mass is 127. The first kappa shape index (κ1) is 13.6. The summed E-state index contributed by atoms with van der Waals surface area (Å²) in [5, 5.41) is 3.17. The molecule has 1 rings (SSSR count). The molecule has 6 heteroatoms. The molecular formula is C10H17IN4O. The largest absolute Gasteiger partial charge is 0.383 e. The van der Waals surface area contributed by atoms with Gasteiger partial charge < -0.3 is 15.0 Å². The summed E-state index contributed by atoms with van der Waals surface area (Å²) < 4.78 is 6.04. The van der Waals surface area contributed by atoms with Crippen molar-refractivity contribution in [2.45, 2.75) is 0 Å². The first-order chi connectivity index (χ1) is 7.72.